The Bertz CT molecular complexity index is 1720. The molecule has 0 saturated heterocycles. The van der Waals surface area contributed by atoms with Crippen molar-refractivity contribution >= 4 is 65.0 Å². The van der Waals surface area contributed by atoms with Crippen LogP contribution < -0.4 is 11.5 Å². The second-order valence-electron chi connectivity index (χ2n) is 8.71. The first-order valence-electron chi connectivity index (χ1n) is 13.6. The van der Waals surface area contributed by atoms with Crippen LogP contribution >= 0.6 is 0 Å². The molecule has 4 aromatic rings. The number of carbonyl (C=O) groups is 4. The Morgan fingerprint density at radius 3 is 1.32 bits per heavy atom. The molecule has 4 rings (SSSR count). The van der Waals surface area contributed by atoms with Gasteiger partial charge in [0.25, 0.3) is 11.8 Å². The number of carbonyl (C=O) groups excluding carboxylic acids is 3. The van der Waals surface area contributed by atoms with Crippen molar-refractivity contribution in [2.45, 2.75) is 57.3 Å². The van der Waals surface area contributed by atoms with Gasteiger partial charge in [0.1, 0.15) is 27.0 Å². The second-order valence-corrected chi connectivity index (χ2v) is 12.8. The molecule has 15 heteroatoms. The van der Waals surface area contributed by atoms with Crippen LogP contribution in [-0.4, -0.2) is 67.0 Å². The highest BCUT2D eigenvalue weighted by Crippen LogP contribution is 2.29. The third-order valence-electron chi connectivity index (χ3n) is 5.74. The molecule has 2 aromatic heterocycles. The summed E-state index contributed by atoms with van der Waals surface area (Å²) in [5, 5.41) is 9.34. The van der Waals surface area contributed by atoms with Gasteiger partial charge < -0.3 is 26.5 Å². The summed E-state index contributed by atoms with van der Waals surface area (Å²) in [7, 11) is -7.69. The van der Waals surface area contributed by atoms with E-state index in [4.69, 9.17) is 16.6 Å². The van der Waals surface area contributed by atoms with Gasteiger partial charge in [-0.25, -0.2) is 16.8 Å². The maximum Gasteiger partial charge on any atom is 0.304 e. The number of para-hydroxylation sites is 2. The van der Waals surface area contributed by atoms with Crippen LogP contribution in [0.3, 0.4) is 0 Å². The van der Waals surface area contributed by atoms with Gasteiger partial charge in [-0.1, -0.05) is 64.1 Å². The minimum absolute atomic E-state index is 0.0972. The monoisotopic (exact) mass is 650 g/mol. The summed E-state index contributed by atoms with van der Waals surface area (Å²) in [5.41, 5.74) is 11.0. The van der Waals surface area contributed by atoms with Crippen LogP contribution in [0.4, 0.5) is 0 Å². The number of hydrogen-bond acceptors (Lipinski definition) is 8. The third-order valence-corrected chi connectivity index (χ3v) is 9.31. The van der Waals surface area contributed by atoms with Crippen molar-refractivity contribution < 1.29 is 41.1 Å². The Balaban J connectivity index is 0.000000395. The zero-order chi connectivity index (χ0) is 33.8. The summed E-state index contributed by atoms with van der Waals surface area (Å²) in [6.07, 6.45) is -0.639. The van der Waals surface area contributed by atoms with Gasteiger partial charge in [0.15, 0.2) is 19.7 Å². The molecule has 7 N–H and O–H groups in total. The Morgan fingerprint density at radius 2 is 1.00 bits per heavy atom. The second kappa shape index (κ2) is 16.4. The molecular weight excluding hydrogens is 612 g/mol. The van der Waals surface area contributed by atoms with Crippen LogP contribution in [0.1, 0.15) is 68.4 Å². The lowest BCUT2D eigenvalue weighted by Gasteiger charge is -2.04. The number of amides is 2. The van der Waals surface area contributed by atoms with E-state index in [0.717, 1.165) is 0 Å². The molecule has 240 valence electrons. The van der Waals surface area contributed by atoms with Crippen molar-refractivity contribution in [2.24, 2.45) is 11.5 Å². The minimum atomic E-state index is -3.93. The molecule has 44 heavy (non-hydrogen) atoms. The number of primary amides is 2. The van der Waals surface area contributed by atoms with Crippen LogP contribution in [0.15, 0.2) is 58.3 Å². The number of sulfone groups is 2. The Labute approximate surface area is 255 Å². The number of carboxylic acid groups (broad SMARTS) is 1. The van der Waals surface area contributed by atoms with Crippen LogP contribution in [0.5, 0.6) is 0 Å². The molecule has 0 aliphatic carbocycles. The Hall–Kier alpha value is -4.50. The zero-order valence-electron chi connectivity index (χ0n) is 25.1. The lowest BCUT2D eigenvalue weighted by molar-refractivity contribution is -0.136. The van der Waals surface area contributed by atoms with Gasteiger partial charge in [0.05, 0.1) is 17.9 Å². The predicted molar refractivity (Wildman–Crippen MR) is 168 cm³/mol. The van der Waals surface area contributed by atoms with E-state index in [1.54, 1.807) is 42.5 Å². The number of benzene rings is 2. The number of H-pyrrole nitrogens is 2. The number of aliphatic carboxylic acids is 1. The smallest absolute Gasteiger partial charge is 0.304 e. The van der Waals surface area contributed by atoms with E-state index in [2.05, 4.69) is 9.97 Å². The van der Waals surface area contributed by atoms with Crippen molar-refractivity contribution in [2.75, 3.05) is 11.5 Å². The number of nitrogens with two attached hydrogens (primary N) is 2. The molecule has 0 spiro atoms. The van der Waals surface area contributed by atoms with Crippen molar-refractivity contribution in [1.82, 2.24) is 9.97 Å². The first-order valence-corrected chi connectivity index (χ1v) is 16.9. The fourth-order valence-corrected chi connectivity index (χ4v) is 7.29. The molecule has 0 radical (unpaired) electrons. The van der Waals surface area contributed by atoms with Crippen molar-refractivity contribution in [1.29, 1.82) is 0 Å². The van der Waals surface area contributed by atoms with E-state index in [1.807, 2.05) is 27.7 Å². The van der Waals surface area contributed by atoms with E-state index in [0.29, 0.717) is 21.8 Å². The molecule has 0 aliphatic rings. The van der Waals surface area contributed by atoms with Gasteiger partial charge in [-0.15, -0.1) is 0 Å². The first kappa shape index (κ1) is 37.5. The molecule has 2 heterocycles. The van der Waals surface area contributed by atoms with Crippen molar-refractivity contribution in [3.05, 3.63) is 59.9 Å². The average Bonchev–Trinajstić information content (AvgIpc) is 3.58. The van der Waals surface area contributed by atoms with Crippen LogP contribution in [0, 0.1) is 0 Å². The molecule has 0 bridgehead atoms. The summed E-state index contributed by atoms with van der Waals surface area (Å²) in [4.78, 5) is 49.4. The van der Waals surface area contributed by atoms with E-state index < -0.39 is 49.6 Å². The number of rotatable bonds is 10. The predicted octanol–water partition coefficient (Wildman–Crippen LogP) is 3.59. The minimum Gasteiger partial charge on any atom is -0.481 e. The molecule has 2 amide bonds. The van der Waals surface area contributed by atoms with Gasteiger partial charge in [-0.2, -0.15) is 0 Å². The normalized spacial score (nSPS) is 10.8. The average molecular weight is 651 g/mol. The highest BCUT2D eigenvalue weighted by molar-refractivity contribution is 7.92. The molecule has 0 unspecified atom stereocenters. The number of aromatic nitrogens is 2. The van der Waals surface area contributed by atoms with Gasteiger partial charge in [-0.3, -0.25) is 19.2 Å². The maximum atomic E-state index is 12.4. The number of ketones is 1. The lowest BCUT2D eigenvalue weighted by Crippen LogP contribution is -2.18. The molecular formula is C29H38N4O9S2. The molecule has 0 saturated carbocycles. The number of Topliss-reactive ketones (excluding diaryl/α,β-unsaturated/α-hetero) is 1. The zero-order valence-corrected chi connectivity index (χ0v) is 26.8. The molecule has 13 nitrogen and oxygen atoms in total. The highest BCUT2D eigenvalue weighted by atomic mass is 32.2. The number of fused-ring (bicyclic) bond motifs is 2. The lowest BCUT2D eigenvalue weighted by atomic mass is 10.2. The third kappa shape index (κ3) is 9.25. The maximum absolute atomic E-state index is 12.4. The topological polar surface area (TPSA) is 240 Å². The fourth-order valence-electron chi connectivity index (χ4n) is 3.93. The molecule has 0 fully saturated rings. The summed E-state index contributed by atoms with van der Waals surface area (Å²) >= 11 is 0. The van der Waals surface area contributed by atoms with E-state index in [9.17, 15) is 36.0 Å². The summed E-state index contributed by atoms with van der Waals surface area (Å²) in [6.45, 7) is 9.32. The summed E-state index contributed by atoms with van der Waals surface area (Å²) in [6, 6.07) is 13.1. The van der Waals surface area contributed by atoms with E-state index in [-0.39, 0.29) is 39.1 Å². The van der Waals surface area contributed by atoms with Gasteiger partial charge in [0.2, 0.25) is 0 Å². The van der Waals surface area contributed by atoms with Gasteiger partial charge in [-0.05, 0) is 19.1 Å². The highest BCUT2D eigenvalue weighted by Gasteiger charge is 2.28. The van der Waals surface area contributed by atoms with Crippen molar-refractivity contribution in [3.63, 3.8) is 0 Å². The van der Waals surface area contributed by atoms with Crippen LogP contribution in [0.2, 0.25) is 0 Å². The largest absolute Gasteiger partial charge is 0.481 e. The number of nitrogens with one attached hydrogen (secondary N) is 2. The SMILES string of the molecule is CC.CC.CC(=O)CCS(=O)(=O)c1c(C(N)=O)[nH]c2ccccc12.NC(=O)c1[nH]c2ccccc2c1S(=O)(=O)CCC(=O)O. The quantitative estimate of drug-likeness (QED) is 0.168. The first-order chi connectivity index (χ1) is 20.7. The molecule has 0 atom stereocenters. The summed E-state index contributed by atoms with van der Waals surface area (Å²) < 4.78 is 49.2. The van der Waals surface area contributed by atoms with E-state index in [1.165, 1.54) is 13.0 Å². The number of carboxylic acids is 1. The Kier molecular flexibility index (Phi) is 14.0. The van der Waals surface area contributed by atoms with E-state index >= 15 is 0 Å². The Morgan fingerprint density at radius 1 is 0.659 bits per heavy atom. The molecule has 0 aliphatic heterocycles. The van der Waals surface area contributed by atoms with Crippen LogP contribution in [-0.2, 0) is 29.3 Å². The van der Waals surface area contributed by atoms with Crippen LogP contribution in [0.25, 0.3) is 21.8 Å². The van der Waals surface area contributed by atoms with Gasteiger partial charge >= 0.3 is 5.97 Å². The van der Waals surface area contributed by atoms with Gasteiger partial charge in [0, 0.05) is 28.2 Å². The number of aromatic amines is 2. The molecule has 2 aromatic carbocycles. The summed E-state index contributed by atoms with van der Waals surface area (Å²) in [5.74, 6) is -4.14. The fraction of sp³-hybridized carbons (Fsp3) is 0.310. The standard InChI is InChI=1S/C13H14N2O4S.C12H12N2O5S.2C2H6/c1-8(16)6-7-20(18,19)12-9-4-2-3-5-10(9)15-11(12)13(14)17;13-12(17)10-11(20(18,19)6-5-9(15)16)7-3-1-2-4-8(7)14-10;2*1-2/h2-5,15H,6-7H2,1H3,(H2,14,17);1-4,14H,5-6H2,(H2,13,17)(H,15,16);2*1-2H3. The van der Waals surface area contributed by atoms with Crippen molar-refractivity contribution in [3.8, 4) is 0 Å². The number of hydrogen-bond donors (Lipinski definition) is 5.